The van der Waals surface area contributed by atoms with Crippen LogP contribution in [0.5, 0.6) is 0 Å². The Bertz CT molecular complexity index is 4240. The summed E-state index contributed by atoms with van der Waals surface area (Å²) < 4.78 is 6.40. The lowest BCUT2D eigenvalue weighted by Crippen LogP contribution is -2.01. The second kappa shape index (κ2) is 14.8. The van der Waals surface area contributed by atoms with Gasteiger partial charge in [0.25, 0.3) is 0 Å². The molecular weight excluding hydrogens is 815 g/mol. The van der Waals surface area contributed by atoms with Crippen LogP contribution < -0.4 is 0 Å². The third-order valence-corrected chi connectivity index (χ3v) is 13.6. The normalized spacial score (nSPS) is 11.9. The molecule has 0 atom stereocenters. The highest BCUT2D eigenvalue weighted by Gasteiger charge is 2.20. The molecule has 2 heterocycles. The van der Waals surface area contributed by atoms with Gasteiger partial charge in [0, 0.05) is 27.6 Å². The van der Waals surface area contributed by atoms with Gasteiger partial charge in [-0.3, -0.25) is 0 Å². The molecule has 0 saturated carbocycles. The summed E-state index contributed by atoms with van der Waals surface area (Å²) in [5.74, 6) is 2.54. The van der Waals surface area contributed by atoms with Crippen LogP contribution in [0.25, 0.3) is 143 Å². The van der Waals surface area contributed by atoms with Gasteiger partial charge in [-0.05, 0) is 117 Å². The Morgan fingerprint density at radius 2 is 0.731 bits per heavy atom. The highest BCUT2D eigenvalue weighted by atomic mass is 16.3. The molecule has 2 aromatic heterocycles. The van der Waals surface area contributed by atoms with Crippen LogP contribution in [-0.4, -0.2) is 15.0 Å². The van der Waals surface area contributed by atoms with E-state index in [-0.39, 0.29) is 0 Å². The third-order valence-electron chi connectivity index (χ3n) is 13.6. The first-order valence-electron chi connectivity index (χ1n) is 22.7. The van der Waals surface area contributed by atoms with Gasteiger partial charge in [-0.15, -0.1) is 0 Å². The fraction of sp³-hybridized carbons (Fsp3) is 0. The smallest absolute Gasteiger partial charge is 0.164 e. The molecule has 0 saturated heterocycles. The summed E-state index contributed by atoms with van der Waals surface area (Å²) in [6.45, 7) is 0. The van der Waals surface area contributed by atoms with Gasteiger partial charge in [0.1, 0.15) is 11.3 Å². The van der Waals surface area contributed by atoms with E-state index in [9.17, 15) is 0 Å². The summed E-state index contributed by atoms with van der Waals surface area (Å²) in [5.41, 5.74) is 8.94. The standard InChI is InChI=1S/C63H37N3O/c1-2-14-41(15-3-1)61-64-62(66-63(65-61)53-25-8-7-24-49(53)56-37-43-16-4-9-29-55(43)67-56)45-21-10-20-42(34-45)47-22-5-6-23-48(47)46-35-44-33-32-40-18-12-27-51-50-26-11-17-38-30-31-39-19-13-28-52(59(39)57(38)50)54(36-46)60(44)58(40)51/h1-37H. The number of hydrogen-bond acceptors (Lipinski definition) is 4. The minimum atomic E-state index is 0.576. The Balaban J connectivity index is 0.964. The number of fused-ring (bicyclic) bond motifs is 3. The SMILES string of the molecule is c1ccc(-c2nc(-c3cccc(-c4ccccc4-c4cc5ccc6cccc7c8cccc9ccc%10cccc(c(c4)c5c67)c%10c98)c3)nc(-c3ccccc3-c3cc4ccccc4o3)n2)cc1. The van der Waals surface area contributed by atoms with Crippen LogP contribution in [0.1, 0.15) is 0 Å². The van der Waals surface area contributed by atoms with Crippen LogP contribution in [0, 0.1) is 0 Å². The number of aromatic nitrogens is 3. The molecule has 0 spiro atoms. The number of nitrogens with zero attached hydrogens (tertiary/aromatic N) is 3. The van der Waals surface area contributed by atoms with Gasteiger partial charge in [0.2, 0.25) is 0 Å². The lowest BCUT2D eigenvalue weighted by Gasteiger charge is -2.18. The summed E-state index contributed by atoms with van der Waals surface area (Å²) in [6.07, 6.45) is 0. The Morgan fingerprint density at radius 1 is 0.254 bits per heavy atom. The van der Waals surface area contributed by atoms with Crippen molar-refractivity contribution < 1.29 is 4.42 Å². The number of para-hydroxylation sites is 1. The van der Waals surface area contributed by atoms with Crippen molar-refractivity contribution in [3.05, 3.63) is 224 Å². The quantitative estimate of drug-likeness (QED) is 0.156. The molecule has 0 bridgehead atoms. The zero-order valence-corrected chi connectivity index (χ0v) is 36.1. The number of benzene rings is 11. The van der Waals surface area contributed by atoms with Crippen LogP contribution in [-0.2, 0) is 0 Å². The minimum Gasteiger partial charge on any atom is -0.456 e. The summed E-state index contributed by atoms with van der Waals surface area (Å²) in [7, 11) is 0. The van der Waals surface area contributed by atoms with E-state index in [0.717, 1.165) is 61.2 Å². The molecule has 67 heavy (non-hydrogen) atoms. The summed E-state index contributed by atoms with van der Waals surface area (Å²) in [5, 5.41) is 16.3. The van der Waals surface area contributed by atoms with Gasteiger partial charge < -0.3 is 4.42 Å². The highest BCUT2D eigenvalue weighted by molar-refractivity contribution is 6.37. The number of rotatable bonds is 6. The molecule has 0 aliphatic carbocycles. The number of hydrogen-bond donors (Lipinski definition) is 0. The molecule has 14 rings (SSSR count). The highest BCUT2D eigenvalue weighted by Crippen LogP contribution is 2.46. The van der Waals surface area contributed by atoms with E-state index < -0.39 is 0 Å². The molecule has 0 amide bonds. The minimum absolute atomic E-state index is 0.576. The fourth-order valence-electron chi connectivity index (χ4n) is 10.6. The van der Waals surface area contributed by atoms with Crippen LogP contribution >= 0.6 is 0 Å². The van der Waals surface area contributed by atoms with E-state index in [2.05, 4.69) is 164 Å². The maximum Gasteiger partial charge on any atom is 0.164 e. The van der Waals surface area contributed by atoms with Crippen LogP contribution in [0.15, 0.2) is 229 Å². The van der Waals surface area contributed by atoms with Gasteiger partial charge in [0.05, 0.1) is 0 Å². The van der Waals surface area contributed by atoms with Crippen molar-refractivity contribution in [3.63, 3.8) is 0 Å². The van der Waals surface area contributed by atoms with E-state index >= 15 is 0 Å². The predicted molar refractivity (Wildman–Crippen MR) is 278 cm³/mol. The first-order valence-corrected chi connectivity index (χ1v) is 22.7. The average molecular weight is 852 g/mol. The molecule has 14 aromatic rings. The molecule has 0 radical (unpaired) electrons. The molecule has 4 heteroatoms. The fourth-order valence-corrected chi connectivity index (χ4v) is 10.6. The topological polar surface area (TPSA) is 51.8 Å². The van der Waals surface area contributed by atoms with Gasteiger partial charge in [-0.1, -0.05) is 194 Å². The molecule has 0 aliphatic rings. The van der Waals surface area contributed by atoms with E-state index in [1.807, 2.05) is 60.7 Å². The summed E-state index contributed by atoms with van der Waals surface area (Å²) >= 11 is 0. The zero-order chi connectivity index (χ0) is 44.0. The second-order valence-corrected chi connectivity index (χ2v) is 17.5. The molecule has 310 valence electrons. The molecule has 0 unspecified atom stereocenters. The number of furan rings is 1. The van der Waals surface area contributed by atoms with Crippen molar-refractivity contribution in [1.29, 1.82) is 0 Å². The first kappa shape index (κ1) is 37.4. The Labute approximate surface area is 385 Å². The van der Waals surface area contributed by atoms with E-state index in [4.69, 9.17) is 19.4 Å². The van der Waals surface area contributed by atoms with Crippen molar-refractivity contribution in [2.75, 3.05) is 0 Å². The van der Waals surface area contributed by atoms with Crippen molar-refractivity contribution >= 4 is 75.6 Å². The molecular formula is C63H37N3O. The molecule has 12 aromatic carbocycles. The lowest BCUT2D eigenvalue weighted by atomic mass is 9.85. The lowest BCUT2D eigenvalue weighted by molar-refractivity contribution is 0.631. The largest absolute Gasteiger partial charge is 0.456 e. The van der Waals surface area contributed by atoms with Crippen molar-refractivity contribution in [2.24, 2.45) is 0 Å². The summed E-state index contributed by atoms with van der Waals surface area (Å²) in [4.78, 5) is 15.5. The summed E-state index contributed by atoms with van der Waals surface area (Å²) in [6, 6.07) is 80.2. The third kappa shape index (κ3) is 5.97. The van der Waals surface area contributed by atoms with E-state index in [1.54, 1.807) is 0 Å². The Kier molecular flexibility index (Phi) is 8.25. The molecule has 0 N–H and O–H groups in total. The Morgan fingerprint density at radius 3 is 1.42 bits per heavy atom. The van der Waals surface area contributed by atoms with Crippen LogP contribution in [0.4, 0.5) is 0 Å². The first-order chi connectivity index (χ1) is 33.2. The van der Waals surface area contributed by atoms with Gasteiger partial charge in [-0.25, -0.2) is 15.0 Å². The monoisotopic (exact) mass is 851 g/mol. The van der Waals surface area contributed by atoms with Crippen molar-refractivity contribution in [1.82, 2.24) is 15.0 Å². The predicted octanol–water partition coefficient (Wildman–Crippen LogP) is 17.0. The average Bonchev–Trinajstić information content (AvgIpc) is 3.84. The van der Waals surface area contributed by atoms with E-state index in [0.29, 0.717) is 17.5 Å². The maximum absolute atomic E-state index is 6.40. The van der Waals surface area contributed by atoms with Gasteiger partial charge >= 0.3 is 0 Å². The van der Waals surface area contributed by atoms with Crippen molar-refractivity contribution in [3.8, 4) is 67.7 Å². The van der Waals surface area contributed by atoms with Crippen LogP contribution in [0.2, 0.25) is 0 Å². The maximum atomic E-state index is 6.40. The van der Waals surface area contributed by atoms with E-state index in [1.165, 1.54) is 64.6 Å². The second-order valence-electron chi connectivity index (χ2n) is 17.5. The van der Waals surface area contributed by atoms with Gasteiger partial charge in [-0.2, -0.15) is 0 Å². The zero-order valence-electron chi connectivity index (χ0n) is 36.1. The van der Waals surface area contributed by atoms with Gasteiger partial charge in [0.15, 0.2) is 17.5 Å². The van der Waals surface area contributed by atoms with Crippen molar-refractivity contribution in [2.45, 2.75) is 0 Å². The molecule has 0 fully saturated rings. The molecule has 0 aliphatic heterocycles. The Hall–Kier alpha value is -8.99. The van der Waals surface area contributed by atoms with Crippen LogP contribution in [0.3, 0.4) is 0 Å². The molecule has 4 nitrogen and oxygen atoms in total.